The van der Waals surface area contributed by atoms with E-state index in [-0.39, 0.29) is 5.82 Å². The van der Waals surface area contributed by atoms with E-state index in [2.05, 4.69) is 10.4 Å². The summed E-state index contributed by atoms with van der Waals surface area (Å²) in [5.41, 5.74) is 3.29. The fraction of sp³-hybridized carbons (Fsp3) is 0.364. The number of nitrogens with two attached hydrogens (primary N) is 1. The van der Waals surface area contributed by atoms with Crippen LogP contribution in [0.4, 0.5) is 10.1 Å². The molecule has 1 aromatic carbocycles. The molecule has 5 nitrogen and oxygen atoms in total. The van der Waals surface area contributed by atoms with Gasteiger partial charge in [-0.3, -0.25) is 5.43 Å². The van der Waals surface area contributed by atoms with E-state index in [1.807, 2.05) is 0 Å². The zero-order valence-electron chi connectivity index (χ0n) is 9.98. The number of benzene rings is 1. The Morgan fingerprint density at radius 1 is 1.47 bits per heavy atom. The molecule has 0 fully saturated rings. The molecule has 0 saturated carbocycles. The van der Waals surface area contributed by atoms with E-state index >= 15 is 0 Å². The van der Waals surface area contributed by atoms with Crippen molar-refractivity contribution in [2.75, 3.05) is 32.2 Å². The van der Waals surface area contributed by atoms with Gasteiger partial charge in [-0.25, -0.2) is 15.2 Å². The van der Waals surface area contributed by atoms with Crippen molar-refractivity contribution in [3.05, 3.63) is 30.1 Å². The summed E-state index contributed by atoms with van der Waals surface area (Å²) in [5, 5.41) is 0. The lowest BCUT2D eigenvalue weighted by atomic mass is 10.3. The fourth-order valence-corrected chi connectivity index (χ4v) is 1.28. The number of rotatable bonds is 4. The average Bonchev–Trinajstić information content (AvgIpc) is 2.35. The summed E-state index contributed by atoms with van der Waals surface area (Å²) in [6.45, 7) is 1.02. The predicted molar refractivity (Wildman–Crippen MR) is 66.3 cm³/mol. The van der Waals surface area contributed by atoms with Gasteiger partial charge in [-0.2, -0.15) is 0 Å². The van der Waals surface area contributed by atoms with E-state index in [1.54, 1.807) is 31.2 Å². The summed E-state index contributed by atoms with van der Waals surface area (Å²) < 4.78 is 17.7. The van der Waals surface area contributed by atoms with E-state index in [0.717, 1.165) is 5.69 Å². The van der Waals surface area contributed by atoms with Crippen LogP contribution in [0.5, 0.6) is 0 Å². The molecule has 3 N–H and O–H groups in total. The van der Waals surface area contributed by atoms with Gasteiger partial charge in [0.1, 0.15) is 5.82 Å². The molecular weight excluding hydrogens is 223 g/mol. The molecule has 0 bridgehead atoms. The molecule has 0 aliphatic rings. The molecule has 0 spiro atoms. The Bertz CT molecular complexity index is 366. The summed E-state index contributed by atoms with van der Waals surface area (Å²) in [7, 11) is 3.40. The van der Waals surface area contributed by atoms with Gasteiger partial charge in [-0.05, 0) is 24.3 Å². The predicted octanol–water partition coefficient (Wildman–Crippen LogP) is 0.728. The van der Waals surface area contributed by atoms with Crippen molar-refractivity contribution in [2.24, 2.45) is 10.8 Å². The van der Waals surface area contributed by atoms with E-state index in [9.17, 15) is 4.39 Å². The summed E-state index contributed by atoms with van der Waals surface area (Å²) in [5.74, 6) is 5.60. The van der Waals surface area contributed by atoms with Crippen molar-refractivity contribution >= 4 is 11.6 Å². The minimum Gasteiger partial charge on any atom is -0.383 e. The molecule has 0 aliphatic heterocycles. The number of nitrogens with zero attached hydrogens (tertiary/aromatic N) is 2. The number of methoxy groups -OCH3 is 1. The minimum absolute atomic E-state index is 0.277. The van der Waals surface area contributed by atoms with Gasteiger partial charge in [-0.15, -0.1) is 0 Å². The normalized spacial score (nSPS) is 11.4. The number of hydrogen-bond acceptors (Lipinski definition) is 3. The van der Waals surface area contributed by atoms with E-state index < -0.39 is 0 Å². The van der Waals surface area contributed by atoms with E-state index in [0.29, 0.717) is 19.1 Å². The second-order valence-electron chi connectivity index (χ2n) is 3.38. The Labute approximate surface area is 100 Å². The number of nitrogens with one attached hydrogen (secondary N) is 1. The number of aliphatic imine (C=N–C) groups is 1. The van der Waals surface area contributed by atoms with Crippen LogP contribution in [0.15, 0.2) is 29.3 Å². The van der Waals surface area contributed by atoms with Gasteiger partial charge in [0.05, 0.1) is 13.2 Å². The Morgan fingerprint density at radius 3 is 2.65 bits per heavy atom. The lowest BCUT2D eigenvalue weighted by molar-refractivity contribution is 0.208. The van der Waals surface area contributed by atoms with Gasteiger partial charge in [0, 0.05) is 19.8 Å². The first-order valence-electron chi connectivity index (χ1n) is 5.18. The monoisotopic (exact) mass is 240 g/mol. The highest BCUT2D eigenvalue weighted by Gasteiger charge is 2.06. The first-order valence-corrected chi connectivity index (χ1v) is 5.18. The maximum absolute atomic E-state index is 12.8. The zero-order chi connectivity index (χ0) is 12.7. The van der Waals surface area contributed by atoms with Crippen LogP contribution >= 0.6 is 0 Å². The average molecular weight is 240 g/mol. The number of hydrazine groups is 1. The largest absolute Gasteiger partial charge is 0.383 e. The zero-order valence-corrected chi connectivity index (χ0v) is 9.98. The first kappa shape index (κ1) is 13.4. The third-order valence-corrected chi connectivity index (χ3v) is 2.22. The van der Waals surface area contributed by atoms with Crippen molar-refractivity contribution in [3.8, 4) is 0 Å². The van der Waals surface area contributed by atoms with Crippen LogP contribution in [0.2, 0.25) is 0 Å². The molecule has 0 unspecified atom stereocenters. The molecule has 0 heterocycles. The van der Waals surface area contributed by atoms with Crippen LogP contribution in [0.1, 0.15) is 0 Å². The second kappa shape index (κ2) is 6.82. The van der Waals surface area contributed by atoms with Crippen molar-refractivity contribution in [3.63, 3.8) is 0 Å². The molecule has 0 amide bonds. The Morgan fingerprint density at radius 2 is 2.12 bits per heavy atom. The van der Waals surface area contributed by atoms with Gasteiger partial charge < -0.3 is 9.64 Å². The quantitative estimate of drug-likeness (QED) is 0.268. The Hall–Kier alpha value is -1.66. The molecule has 0 saturated heterocycles. The van der Waals surface area contributed by atoms with Crippen LogP contribution in [-0.4, -0.2) is 33.3 Å². The maximum Gasteiger partial charge on any atom is 0.212 e. The topological polar surface area (TPSA) is 62.9 Å². The second-order valence-corrected chi connectivity index (χ2v) is 3.38. The molecule has 17 heavy (non-hydrogen) atoms. The molecule has 0 radical (unpaired) electrons. The van der Waals surface area contributed by atoms with Gasteiger partial charge in [0.25, 0.3) is 0 Å². The molecule has 0 aliphatic carbocycles. The lowest BCUT2D eigenvalue weighted by Gasteiger charge is -2.20. The van der Waals surface area contributed by atoms with Crippen LogP contribution in [0.25, 0.3) is 0 Å². The van der Waals surface area contributed by atoms with Crippen molar-refractivity contribution in [1.29, 1.82) is 0 Å². The van der Waals surface area contributed by atoms with Gasteiger partial charge in [0.2, 0.25) is 5.96 Å². The number of hydrogen-bond donors (Lipinski definition) is 2. The molecule has 0 aromatic heterocycles. The SMILES string of the molecule is COCCN=C(NN)N(C)c1ccc(F)cc1. The van der Waals surface area contributed by atoms with Crippen LogP contribution < -0.4 is 16.2 Å². The van der Waals surface area contributed by atoms with Crippen molar-refractivity contribution in [2.45, 2.75) is 0 Å². The standard InChI is InChI=1S/C11H17FN4O/c1-16(10-5-3-9(12)4-6-10)11(15-13)14-7-8-17-2/h3-6H,7-8,13H2,1-2H3,(H,14,15). The lowest BCUT2D eigenvalue weighted by Crippen LogP contribution is -2.43. The number of guanidine groups is 1. The number of anilines is 1. The molecule has 94 valence electrons. The third kappa shape index (κ3) is 4.01. The smallest absolute Gasteiger partial charge is 0.212 e. The highest BCUT2D eigenvalue weighted by atomic mass is 19.1. The molecular formula is C11H17FN4O. The first-order chi connectivity index (χ1) is 8.19. The van der Waals surface area contributed by atoms with Crippen LogP contribution in [0.3, 0.4) is 0 Å². The Kier molecular flexibility index (Phi) is 5.38. The van der Waals surface area contributed by atoms with Crippen LogP contribution in [0, 0.1) is 5.82 Å². The number of halogens is 1. The maximum atomic E-state index is 12.8. The fourth-order valence-electron chi connectivity index (χ4n) is 1.28. The summed E-state index contributed by atoms with van der Waals surface area (Å²) in [4.78, 5) is 5.95. The van der Waals surface area contributed by atoms with E-state index in [1.165, 1.54) is 12.1 Å². The van der Waals surface area contributed by atoms with Crippen LogP contribution in [-0.2, 0) is 4.74 Å². The van der Waals surface area contributed by atoms with Crippen molar-refractivity contribution in [1.82, 2.24) is 5.43 Å². The van der Waals surface area contributed by atoms with E-state index in [4.69, 9.17) is 10.6 Å². The Balaban J connectivity index is 2.74. The highest BCUT2D eigenvalue weighted by molar-refractivity contribution is 5.95. The molecule has 1 rings (SSSR count). The third-order valence-electron chi connectivity index (χ3n) is 2.22. The molecule has 6 heteroatoms. The van der Waals surface area contributed by atoms with Gasteiger partial charge in [-0.1, -0.05) is 0 Å². The van der Waals surface area contributed by atoms with Gasteiger partial charge in [0.15, 0.2) is 0 Å². The molecule has 0 atom stereocenters. The summed E-state index contributed by atoms with van der Waals surface area (Å²) in [6, 6.07) is 6.07. The highest BCUT2D eigenvalue weighted by Crippen LogP contribution is 2.12. The summed E-state index contributed by atoms with van der Waals surface area (Å²) >= 11 is 0. The number of ether oxygens (including phenoxy) is 1. The van der Waals surface area contributed by atoms with Gasteiger partial charge >= 0.3 is 0 Å². The summed E-state index contributed by atoms with van der Waals surface area (Å²) in [6.07, 6.45) is 0. The minimum atomic E-state index is -0.277. The van der Waals surface area contributed by atoms with Crippen molar-refractivity contribution < 1.29 is 9.13 Å². The molecule has 1 aromatic rings.